The van der Waals surface area contributed by atoms with Crippen LogP contribution in [0.2, 0.25) is 0 Å². The zero-order valence-electron chi connectivity index (χ0n) is 17.0. The van der Waals surface area contributed by atoms with Gasteiger partial charge in [-0.1, -0.05) is 83.3 Å². The summed E-state index contributed by atoms with van der Waals surface area (Å²) in [6.45, 7) is 1.49. The van der Waals surface area contributed by atoms with Gasteiger partial charge in [0.15, 0.2) is 9.66 Å². The number of thiazole rings is 2. The molecule has 0 atom stereocenters. The monoisotopic (exact) mass is 454 g/mol. The summed E-state index contributed by atoms with van der Waals surface area (Å²) in [6, 6.07) is 20.6. The molecule has 0 aliphatic heterocycles. The molecule has 0 saturated carbocycles. The average Bonchev–Trinajstić information content (AvgIpc) is 3.58. The average molecular weight is 455 g/mol. The normalized spacial score (nSPS) is 11.4. The second-order valence-electron chi connectivity index (χ2n) is 7.47. The molecule has 0 aliphatic rings. The molecule has 6 rings (SSSR count). The maximum atomic E-state index is 4.82. The van der Waals surface area contributed by atoms with Crippen molar-refractivity contribution >= 4 is 32.3 Å². The van der Waals surface area contributed by atoms with E-state index in [4.69, 9.17) is 9.97 Å². The van der Waals surface area contributed by atoms with E-state index < -0.39 is 0 Å². The zero-order chi connectivity index (χ0) is 21.3. The maximum absolute atomic E-state index is 4.82. The van der Waals surface area contributed by atoms with E-state index in [0.29, 0.717) is 0 Å². The van der Waals surface area contributed by atoms with E-state index in [1.54, 1.807) is 22.7 Å². The molecular weight excluding hydrogens is 436 g/mol. The molecule has 156 valence electrons. The summed E-state index contributed by atoms with van der Waals surface area (Å²) in [6.07, 6.45) is 7.84. The Kier molecular flexibility index (Phi) is 4.86. The van der Waals surface area contributed by atoms with E-state index in [2.05, 4.69) is 34.5 Å². The minimum Gasteiger partial charge on any atom is -0.268 e. The highest BCUT2D eigenvalue weighted by molar-refractivity contribution is 7.29. The van der Waals surface area contributed by atoms with Crippen molar-refractivity contribution in [1.29, 1.82) is 0 Å². The van der Waals surface area contributed by atoms with Gasteiger partial charge in [0, 0.05) is 23.5 Å². The number of fused-ring (bicyclic) bond motifs is 1. The Hall–Kier alpha value is -3.62. The fraction of sp³-hybridized carbons (Fsp3) is 0.0833. The molecule has 0 aliphatic carbocycles. The van der Waals surface area contributed by atoms with Crippen LogP contribution in [0.15, 0.2) is 85.5 Å². The molecule has 8 heteroatoms. The van der Waals surface area contributed by atoms with Gasteiger partial charge in [-0.2, -0.15) is 10.2 Å². The number of hydrogen-bond donors (Lipinski definition) is 0. The lowest BCUT2D eigenvalue weighted by atomic mass is 10.2. The quantitative estimate of drug-likeness (QED) is 0.330. The molecule has 0 spiro atoms. The molecule has 4 heterocycles. The number of benzene rings is 2. The van der Waals surface area contributed by atoms with E-state index in [9.17, 15) is 0 Å². The Morgan fingerprint density at radius 2 is 1.03 bits per heavy atom. The van der Waals surface area contributed by atoms with Gasteiger partial charge in [-0.25, -0.2) is 9.97 Å². The van der Waals surface area contributed by atoms with E-state index in [1.807, 2.05) is 70.5 Å². The zero-order valence-corrected chi connectivity index (χ0v) is 18.6. The van der Waals surface area contributed by atoms with Gasteiger partial charge in [-0.15, -0.1) is 0 Å². The van der Waals surface area contributed by atoms with Gasteiger partial charge in [0.1, 0.15) is 10.0 Å². The Bertz CT molecular complexity index is 1340. The van der Waals surface area contributed by atoms with E-state index in [1.165, 1.54) is 11.1 Å². The van der Waals surface area contributed by atoms with E-state index >= 15 is 0 Å². The molecule has 2 aromatic carbocycles. The Balaban J connectivity index is 1.20. The first kappa shape index (κ1) is 19.1. The van der Waals surface area contributed by atoms with Gasteiger partial charge in [0.2, 0.25) is 0 Å². The second-order valence-corrected chi connectivity index (χ2v) is 9.43. The van der Waals surface area contributed by atoms with Crippen molar-refractivity contribution in [3.63, 3.8) is 0 Å². The van der Waals surface area contributed by atoms with Crippen LogP contribution < -0.4 is 0 Å². The predicted octanol–water partition coefficient (Wildman–Crippen LogP) is 5.58. The van der Waals surface area contributed by atoms with Crippen LogP contribution in [0.3, 0.4) is 0 Å². The van der Waals surface area contributed by atoms with Gasteiger partial charge in [-0.3, -0.25) is 9.36 Å². The molecule has 0 unspecified atom stereocenters. The Labute approximate surface area is 192 Å². The van der Waals surface area contributed by atoms with Crippen LogP contribution in [0.1, 0.15) is 11.1 Å². The first-order valence-corrected chi connectivity index (χ1v) is 11.8. The third-order valence-corrected chi connectivity index (χ3v) is 7.24. The first-order chi connectivity index (χ1) is 15.8. The van der Waals surface area contributed by atoms with E-state index in [-0.39, 0.29) is 0 Å². The summed E-state index contributed by atoms with van der Waals surface area (Å²) < 4.78 is 3.89. The molecule has 0 fully saturated rings. The summed E-state index contributed by atoms with van der Waals surface area (Å²) in [5.41, 5.74) is 4.49. The molecule has 32 heavy (non-hydrogen) atoms. The highest BCUT2D eigenvalue weighted by atomic mass is 32.1. The van der Waals surface area contributed by atoms with Crippen molar-refractivity contribution < 1.29 is 0 Å². The van der Waals surface area contributed by atoms with Gasteiger partial charge in [-0.05, 0) is 11.1 Å². The van der Waals surface area contributed by atoms with Crippen LogP contribution in [0, 0.1) is 0 Å². The van der Waals surface area contributed by atoms with Crippen LogP contribution in [0.25, 0.3) is 30.8 Å². The van der Waals surface area contributed by atoms with Gasteiger partial charge in [0.05, 0.1) is 25.5 Å². The second kappa shape index (κ2) is 8.14. The highest BCUT2D eigenvalue weighted by Crippen LogP contribution is 2.36. The predicted molar refractivity (Wildman–Crippen MR) is 129 cm³/mol. The highest BCUT2D eigenvalue weighted by Gasteiger charge is 2.15. The van der Waals surface area contributed by atoms with Crippen molar-refractivity contribution in [2.45, 2.75) is 13.1 Å². The molecule has 6 nitrogen and oxygen atoms in total. The van der Waals surface area contributed by atoms with Crippen molar-refractivity contribution in [3.8, 4) is 21.1 Å². The van der Waals surface area contributed by atoms with Gasteiger partial charge < -0.3 is 0 Å². The van der Waals surface area contributed by atoms with Gasteiger partial charge >= 0.3 is 0 Å². The van der Waals surface area contributed by atoms with Crippen LogP contribution >= 0.6 is 22.7 Å². The molecule has 0 amide bonds. The van der Waals surface area contributed by atoms with Crippen molar-refractivity contribution in [2.24, 2.45) is 0 Å². The van der Waals surface area contributed by atoms with Crippen LogP contribution in [-0.2, 0) is 13.1 Å². The lowest BCUT2D eigenvalue weighted by Gasteiger charge is -2.00. The fourth-order valence-electron chi connectivity index (χ4n) is 3.55. The smallest absolute Gasteiger partial charge is 0.155 e. The molecular formula is C24H18N6S2. The first-order valence-electron chi connectivity index (χ1n) is 10.2. The topological polar surface area (TPSA) is 61.4 Å². The lowest BCUT2D eigenvalue weighted by Crippen LogP contribution is -1.99. The van der Waals surface area contributed by atoms with Gasteiger partial charge in [0.25, 0.3) is 0 Å². The third kappa shape index (κ3) is 3.86. The largest absolute Gasteiger partial charge is 0.268 e. The summed E-state index contributed by atoms with van der Waals surface area (Å²) in [7, 11) is 0. The third-order valence-electron chi connectivity index (χ3n) is 5.11. The molecule has 0 saturated heterocycles. The lowest BCUT2D eigenvalue weighted by molar-refractivity contribution is 0.687. The van der Waals surface area contributed by atoms with E-state index in [0.717, 1.165) is 43.9 Å². The number of nitrogens with zero attached hydrogens (tertiary/aromatic N) is 6. The Morgan fingerprint density at radius 1 is 0.594 bits per heavy atom. The van der Waals surface area contributed by atoms with Crippen LogP contribution in [-0.4, -0.2) is 29.5 Å². The van der Waals surface area contributed by atoms with Crippen molar-refractivity contribution in [1.82, 2.24) is 29.5 Å². The summed E-state index contributed by atoms with van der Waals surface area (Å²) in [5.74, 6) is 0. The van der Waals surface area contributed by atoms with Crippen LogP contribution in [0.5, 0.6) is 0 Å². The number of hydrogen-bond acceptors (Lipinski definition) is 6. The fourth-order valence-corrected chi connectivity index (χ4v) is 5.54. The molecule has 4 aromatic heterocycles. The summed E-state index contributed by atoms with van der Waals surface area (Å²) in [4.78, 5) is 11.5. The van der Waals surface area contributed by atoms with Crippen LogP contribution in [0.4, 0.5) is 0 Å². The molecule has 0 radical (unpaired) electrons. The molecule has 0 bridgehead atoms. The minimum absolute atomic E-state index is 0.746. The summed E-state index contributed by atoms with van der Waals surface area (Å²) >= 11 is 3.21. The molecule has 6 aromatic rings. The summed E-state index contributed by atoms with van der Waals surface area (Å²) in [5, 5.41) is 10.9. The Morgan fingerprint density at radius 3 is 1.47 bits per heavy atom. The van der Waals surface area contributed by atoms with Crippen molar-refractivity contribution in [3.05, 3.63) is 96.6 Å². The SMILES string of the molecule is c1ccc(Cn2cc(-c3nc4sc(-c5cnn(Cc6ccccc6)c5)nc4s3)cn2)cc1. The minimum atomic E-state index is 0.746. The standard InChI is InChI=1S/C24H18N6S2/c1-3-7-17(8-4-1)13-29-15-19(11-25-29)21-27-23-24(31-21)28-22(32-23)20-12-26-30(16-20)14-18-9-5-2-6-10-18/h1-12,15-16H,13-14H2. The number of aromatic nitrogens is 6. The number of rotatable bonds is 6. The van der Waals surface area contributed by atoms with Crippen molar-refractivity contribution in [2.75, 3.05) is 0 Å². The molecule has 0 N–H and O–H groups in total. The maximum Gasteiger partial charge on any atom is 0.155 e.